The van der Waals surface area contributed by atoms with Crippen LogP contribution in [0.3, 0.4) is 0 Å². The number of rotatable bonds is 18. The molecule has 5 atom stereocenters. The van der Waals surface area contributed by atoms with E-state index in [4.69, 9.17) is 10.5 Å². The summed E-state index contributed by atoms with van der Waals surface area (Å²) < 4.78 is 5.21. The molecule has 12 heteroatoms. The molecule has 0 aliphatic carbocycles. The molecule has 0 aliphatic heterocycles. The van der Waals surface area contributed by atoms with Gasteiger partial charge in [0.15, 0.2) is 0 Å². The number of nitrogens with two attached hydrogens (primary N) is 1. The monoisotopic (exact) mass is 631 g/mol. The average Bonchev–Trinajstić information content (AvgIpc) is 2.92. The Balaban J connectivity index is 3.05. The molecule has 5 amide bonds. The number of hydrogen-bond donors (Lipinski definition) is 6. The molecule has 0 saturated carbocycles. The molecular formula is C33H53N5O7. The molecular weight excluding hydrogens is 578 g/mol. The maximum Gasteiger partial charge on any atom is 0.408 e. The Morgan fingerprint density at radius 2 is 1.56 bits per heavy atom. The second-order valence-corrected chi connectivity index (χ2v) is 13.1. The van der Waals surface area contributed by atoms with Crippen molar-refractivity contribution in [3.05, 3.63) is 48.6 Å². The largest absolute Gasteiger partial charge is 0.444 e. The van der Waals surface area contributed by atoms with E-state index in [-0.39, 0.29) is 30.6 Å². The minimum atomic E-state index is -1.34. The second kappa shape index (κ2) is 18.8. The Kier molecular flexibility index (Phi) is 16.3. The number of amides is 5. The second-order valence-electron chi connectivity index (χ2n) is 13.1. The molecule has 12 nitrogen and oxygen atoms in total. The molecule has 0 bridgehead atoms. The van der Waals surface area contributed by atoms with Crippen LogP contribution in [0.2, 0.25) is 0 Å². The molecule has 252 valence electrons. The highest BCUT2D eigenvalue weighted by Crippen LogP contribution is 2.20. The van der Waals surface area contributed by atoms with Gasteiger partial charge in [0.05, 0.1) is 18.6 Å². The van der Waals surface area contributed by atoms with E-state index in [1.54, 1.807) is 26.8 Å². The van der Waals surface area contributed by atoms with E-state index >= 15 is 0 Å². The number of hydrogen-bond acceptors (Lipinski definition) is 7. The number of aliphatic hydroxyl groups is 1. The number of ether oxygens (including phenoxy) is 1. The molecule has 0 heterocycles. The van der Waals surface area contributed by atoms with E-state index in [9.17, 15) is 29.1 Å². The maximum atomic E-state index is 13.4. The topological polar surface area (TPSA) is 189 Å². The van der Waals surface area contributed by atoms with Crippen molar-refractivity contribution in [1.29, 1.82) is 0 Å². The third kappa shape index (κ3) is 15.6. The van der Waals surface area contributed by atoms with E-state index in [0.717, 1.165) is 5.56 Å². The van der Waals surface area contributed by atoms with Crippen LogP contribution in [0, 0.1) is 17.8 Å². The highest BCUT2D eigenvalue weighted by atomic mass is 16.6. The third-order valence-electron chi connectivity index (χ3n) is 6.83. The average molecular weight is 632 g/mol. The van der Waals surface area contributed by atoms with Gasteiger partial charge in [0.1, 0.15) is 17.7 Å². The van der Waals surface area contributed by atoms with Crippen molar-refractivity contribution in [2.45, 2.75) is 111 Å². The van der Waals surface area contributed by atoms with Gasteiger partial charge >= 0.3 is 6.09 Å². The first kappa shape index (κ1) is 39.1. The standard InChI is InChI=1S/C33H53N5O7/c1-9-13-23(29(41)38-28(21(4)5)31(43)35-19-22-14-11-10-12-15-22)17-26(39)24(16-20(2)3)36-30(42)25(18-27(34)40)37-32(44)45-33(6,7)8/h9-12,14-15,20-21,23-26,28,39H,1,13,16-19H2,2-8H3,(H2,34,40)(H,35,43)(H,36,42)(H,37,44)(H,38,41)/t23-,24+,25+,26+,28+/m1/s1. The van der Waals surface area contributed by atoms with Crippen LogP contribution in [-0.4, -0.2) is 64.7 Å². The smallest absolute Gasteiger partial charge is 0.408 e. The summed E-state index contributed by atoms with van der Waals surface area (Å²) in [7, 11) is 0. The zero-order chi connectivity index (χ0) is 34.3. The Hall–Kier alpha value is -3.93. The molecule has 0 aromatic heterocycles. The van der Waals surface area contributed by atoms with Gasteiger partial charge in [-0.05, 0) is 57.4 Å². The van der Waals surface area contributed by atoms with Gasteiger partial charge in [-0.25, -0.2) is 4.79 Å². The summed E-state index contributed by atoms with van der Waals surface area (Å²) in [5.74, 6) is -3.26. The number of carbonyl (C=O) groups is 5. The van der Waals surface area contributed by atoms with E-state index in [2.05, 4.69) is 27.8 Å². The molecule has 0 aliphatic rings. The van der Waals surface area contributed by atoms with Gasteiger partial charge in [0, 0.05) is 12.5 Å². The van der Waals surface area contributed by atoms with Gasteiger partial charge in [0.25, 0.3) is 0 Å². The number of aliphatic hydroxyl groups excluding tert-OH is 1. The SMILES string of the molecule is C=CC[C@H](C[C@H](O)[C@H](CC(C)C)NC(=O)[C@H](CC(N)=O)NC(=O)OC(C)(C)C)C(=O)N[C@H](C(=O)NCc1ccccc1)C(C)C. The van der Waals surface area contributed by atoms with Gasteiger partial charge in [-0.3, -0.25) is 19.2 Å². The summed E-state index contributed by atoms with van der Waals surface area (Å²) >= 11 is 0. The molecule has 0 spiro atoms. The van der Waals surface area contributed by atoms with E-state index < -0.39 is 66.0 Å². The Morgan fingerprint density at radius 1 is 0.933 bits per heavy atom. The van der Waals surface area contributed by atoms with E-state index in [0.29, 0.717) is 13.0 Å². The van der Waals surface area contributed by atoms with Crippen LogP contribution in [0.1, 0.15) is 79.7 Å². The van der Waals surface area contributed by atoms with E-state index in [1.807, 2.05) is 58.0 Å². The van der Waals surface area contributed by atoms with Crippen molar-refractivity contribution in [1.82, 2.24) is 21.3 Å². The fourth-order valence-electron chi connectivity index (χ4n) is 4.63. The number of nitrogens with one attached hydrogen (secondary N) is 4. The van der Waals surface area contributed by atoms with Crippen LogP contribution >= 0.6 is 0 Å². The number of allylic oxidation sites excluding steroid dienone is 1. The van der Waals surface area contributed by atoms with Crippen LogP contribution in [0.4, 0.5) is 4.79 Å². The molecule has 0 radical (unpaired) electrons. The zero-order valence-corrected chi connectivity index (χ0v) is 27.7. The Bertz CT molecular complexity index is 1130. The molecule has 1 aromatic rings. The van der Waals surface area contributed by atoms with Crippen molar-refractivity contribution in [2.24, 2.45) is 23.5 Å². The Morgan fingerprint density at radius 3 is 2.07 bits per heavy atom. The van der Waals surface area contributed by atoms with Crippen LogP contribution < -0.4 is 27.0 Å². The molecule has 0 fully saturated rings. The fraction of sp³-hybridized carbons (Fsp3) is 0.606. The van der Waals surface area contributed by atoms with Gasteiger partial charge in [0.2, 0.25) is 23.6 Å². The maximum absolute atomic E-state index is 13.4. The van der Waals surface area contributed by atoms with Crippen LogP contribution in [0.5, 0.6) is 0 Å². The van der Waals surface area contributed by atoms with Gasteiger partial charge < -0.3 is 36.8 Å². The lowest BCUT2D eigenvalue weighted by molar-refractivity contribution is -0.133. The van der Waals surface area contributed by atoms with Crippen molar-refractivity contribution in [3.63, 3.8) is 0 Å². The summed E-state index contributed by atoms with van der Waals surface area (Å²) in [6.45, 7) is 16.5. The summed E-state index contributed by atoms with van der Waals surface area (Å²) in [5, 5.41) is 22.1. The minimum absolute atomic E-state index is 0.0312. The normalized spacial score (nSPS) is 14.8. The highest BCUT2D eigenvalue weighted by Gasteiger charge is 2.33. The third-order valence-corrected chi connectivity index (χ3v) is 6.83. The molecule has 0 saturated heterocycles. The molecule has 1 rings (SSSR count). The van der Waals surface area contributed by atoms with Crippen molar-refractivity contribution < 1.29 is 33.8 Å². The molecule has 7 N–H and O–H groups in total. The van der Waals surface area contributed by atoms with E-state index in [1.165, 1.54) is 0 Å². The number of alkyl carbamates (subject to hydrolysis) is 1. The quantitative estimate of drug-likeness (QED) is 0.134. The van der Waals surface area contributed by atoms with Crippen LogP contribution in [0.15, 0.2) is 43.0 Å². The van der Waals surface area contributed by atoms with Gasteiger partial charge in [-0.15, -0.1) is 6.58 Å². The summed E-state index contributed by atoms with van der Waals surface area (Å²) in [5.41, 5.74) is 5.41. The molecule has 45 heavy (non-hydrogen) atoms. The van der Waals surface area contributed by atoms with Crippen LogP contribution in [-0.2, 0) is 30.5 Å². The lowest BCUT2D eigenvalue weighted by Gasteiger charge is -2.31. The first-order valence-electron chi connectivity index (χ1n) is 15.4. The predicted molar refractivity (Wildman–Crippen MR) is 172 cm³/mol. The molecule has 0 unspecified atom stereocenters. The van der Waals surface area contributed by atoms with Crippen LogP contribution in [0.25, 0.3) is 0 Å². The minimum Gasteiger partial charge on any atom is -0.444 e. The molecule has 1 aromatic carbocycles. The summed E-state index contributed by atoms with van der Waals surface area (Å²) in [4.78, 5) is 63.7. The first-order chi connectivity index (χ1) is 20.9. The number of carbonyl (C=O) groups excluding carboxylic acids is 5. The summed E-state index contributed by atoms with van der Waals surface area (Å²) in [6.07, 6.45) is -0.521. The Labute approximate surface area is 267 Å². The number of primary amides is 1. The first-order valence-corrected chi connectivity index (χ1v) is 15.4. The lowest BCUT2D eigenvalue weighted by atomic mass is 9.89. The number of benzene rings is 1. The predicted octanol–water partition coefficient (Wildman–Crippen LogP) is 2.69. The van der Waals surface area contributed by atoms with Crippen molar-refractivity contribution in [2.75, 3.05) is 0 Å². The summed E-state index contributed by atoms with van der Waals surface area (Å²) in [6, 6.07) is 6.43. The van der Waals surface area contributed by atoms with Crippen molar-refractivity contribution in [3.8, 4) is 0 Å². The zero-order valence-electron chi connectivity index (χ0n) is 27.7. The lowest BCUT2D eigenvalue weighted by Crippen LogP contribution is -2.55. The van der Waals surface area contributed by atoms with Gasteiger partial charge in [-0.2, -0.15) is 0 Å². The van der Waals surface area contributed by atoms with Gasteiger partial charge in [-0.1, -0.05) is 64.1 Å². The van der Waals surface area contributed by atoms with Crippen molar-refractivity contribution >= 4 is 29.7 Å². The highest BCUT2D eigenvalue weighted by molar-refractivity contribution is 5.91. The fourth-order valence-corrected chi connectivity index (χ4v) is 4.63.